The molecule has 3 heterocycles. The van der Waals surface area contributed by atoms with Crippen LogP contribution in [0.3, 0.4) is 0 Å². The normalized spacial score (nSPS) is 15.6. The first-order valence-electron chi connectivity index (χ1n) is 10.6. The number of amides is 1. The highest BCUT2D eigenvalue weighted by Gasteiger charge is 2.28. The molecule has 1 amide bonds. The molecule has 3 aromatic rings. The lowest BCUT2D eigenvalue weighted by Gasteiger charge is -2.20. The molecular formula is C23H21F3N4O4. The third-order valence-electron chi connectivity index (χ3n) is 5.47. The van der Waals surface area contributed by atoms with E-state index in [9.17, 15) is 23.2 Å². The summed E-state index contributed by atoms with van der Waals surface area (Å²) in [6, 6.07) is 3.50. The number of esters is 1. The first-order chi connectivity index (χ1) is 16.2. The zero-order valence-corrected chi connectivity index (χ0v) is 18.4. The number of fused-ring (bicyclic) bond motifs is 1. The second-order valence-corrected chi connectivity index (χ2v) is 7.86. The van der Waals surface area contributed by atoms with Crippen LogP contribution in [0, 0.1) is 17.5 Å². The van der Waals surface area contributed by atoms with Crippen LogP contribution < -0.4 is 15.6 Å². The Bertz CT molecular complexity index is 1360. The van der Waals surface area contributed by atoms with Crippen molar-refractivity contribution in [2.24, 2.45) is 0 Å². The molecule has 1 N–H and O–H groups in total. The first kappa shape index (κ1) is 23.3. The van der Waals surface area contributed by atoms with Crippen LogP contribution >= 0.6 is 0 Å². The minimum atomic E-state index is -0.973. The van der Waals surface area contributed by atoms with Gasteiger partial charge >= 0.3 is 5.97 Å². The number of aromatic nitrogens is 2. The molecule has 2 aromatic heterocycles. The molecule has 4 rings (SSSR count). The average molecular weight is 474 g/mol. The number of rotatable bonds is 5. The van der Waals surface area contributed by atoms with Gasteiger partial charge in [-0.05, 0) is 31.5 Å². The molecule has 1 aliphatic heterocycles. The van der Waals surface area contributed by atoms with Gasteiger partial charge in [0.25, 0.3) is 0 Å². The van der Waals surface area contributed by atoms with Crippen molar-refractivity contribution < 1.29 is 27.5 Å². The van der Waals surface area contributed by atoms with Gasteiger partial charge in [0.15, 0.2) is 17.3 Å². The number of anilines is 1. The van der Waals surface area contributed by atoms with Crippen LogP contribution in [-0.2, 0) is 9.53 Å². The lowest BCUT2D eigenvalue weighted by molar-refractivity contribution is -0.119. The summed E-state index contributed by atoms with van der Waals surface area (Å²) >= 11 is 0. The second-order valence-electron chi connectivity index (χ2n) is 7.86. The van der Waals surface area contributed by atoms with Crippen LogP contribution in [0.1, 0.15) is 30.6 Å². The van der Waals surface area contributed by atoms with E-state index in [0.717, 1.165) is 29.0 Å². The van der Waals surface area contributed by atoms with Gasteiger partial charge in [-0.3, -0.25) is 14.2 Å². The molecule has 1 saturated heterocycles. The second kappa shape index (κ2) is 9.16. The van der Waals surface area contributed by atoms with E-state index in [1.807, 2.05) is 0 Å². The zero-order valence-electron chi connectivity index (χ0n) is 18.4. The van der Waals surface area contributed by atoms with Gasteiger partial charge in [-0.2, -0.15) is 0 Å². The number of carbonyl (C=O) groups excluding carboxylic acids is 2. The number of hydrogen-bond acceptors (Lipinski definition) is 6. The summed E-state index contributed by atoms with van der Waals surface area (Å²) in [6.45, 7) is 3.59. The van der Waals surface area contributed by atoms with Crippen LogP contribution in [0.2, 0.25) is 0 Å². The van der Waals surface area contributed by atoms with E-state index in [0.29, 0.717) is 19.0 Å². The van der Waals surface area contributed by atoms with Gasteiger partial charge in [0.2, 0.25) is 11.3 Å². The maximum atomic E-state index is 15.1. The fraction of sp³-hybridized carbons (Fsp3) is 0.304. The molecule has 0 radical (unpaired) electrons. The largest absolute Gasteiger partial charge is 0.462 e. The van der Waals surface area contributed by atoms with Crippen molar-refractivity contribution >= 4 is 28.7 Å². The first-order valence-corrected chi connectivity index (χ1v) is 10.6. The molecule has 1 aromatic carbocycles. The number of carbonyl (C=O) groups is 2. The minimum absolute atomic E-state index is 0.0167. The SMILES string of the molecule is CCOC(=O)c1cn(-c2ccc(F)cc2F)c2nc(N3CCC(NC(C)=O)C3)c(F)cc2c1=O. The molecule has 0 aliphatic carbocycles. The Hall–Kier alpha value is -3.89. The molecule has 0 saturated carbocycles. The lowest BCUT2D eigenvalue weighted by Crippen LogP contribution is -2.36. The molecule has 34 heavy (non-hydrogen) atoms. The van der Waals surface area contributed by atoms with E-state index in [2.05, 4.69) is 10.3 Å². The lowest BCUT2D eigenvalue weighted by atomic mass is 10.1. The number of halogens is 3. The molecule has 8 nitrogen and oxygen atoms in total. The highest BCUT2D eigenvalue weighted by atomic mass is 19.1. The molecule has 0 spiro atoms. The minimum Gasteiger partial charge on any atom is -0.462 e. The number of ether oxygens (including phenoxy) is 1. The number of hydrogen-bond donors (Lipinski definition) is 1. The predicted octanol–water partition coefficient (Wildman–Crippen LogP) is 2.69. The smallest absolute Gasteiger partial charge is 0.343 e. The number of pyridine rings is 2. The summed E-state index contributed by atoms with van der Waals surface area (Å²) in [6.07, 6.45) is 1.61. The quantitative estimate of drug-likeness (QED) is 0.572. The summed E-state index contributed by atoms with van der Waals surface area (Å²) in [7, 11) is 0. The standard InChI is InChI=1S/C23H21F3N4O4/c1-3-34-23(33)16-11-30(19-5-4-13(24)8-17(19)25)21-15(20(16)32)9-18(26)22(28-21)29-7-6-14(10-29)27-12(2)31/h4-5,8-9,11,14H,3,6-7,10H2,1-2H3,(H,27,31). The Labute approximate surface area is 192 Å². The van der Waals surface area contributed by atoms with Gasteiger partial charge in [0.1, 0.15) is 17.2 Å². The summed E-state index contributed by atoms with van der Waals surface area (Å²) in [5.41, 5.74) is -1.59. The molecule has 178 valence electrons. The Kier molecular flexibility index (Phi) is 6.27. The third kappa shape index (κ3) is 4.33. The van der Waals surface area contributed by atoms with Crippen LogP contribution in [0.15, 0.2) is 35.3 Å². The monoisotopic (exact) mass is 474 g/mol. The van der Waals surface area contributed by atoms with Gasteiger partial charge in [0, 0.05) is 38.3 Å². The molecule has 11 heteroatoms. The van der Waals surface area contributed by atoms with Crippen molar-refractivity contribution in [3.05, 3.63) is 63.7 Å². The summed E-state index contributed by atoms with van der Waals surface area (Å²) < 4.78 is 49.3. The maximum Gasteiger partial charge on any atom is 0.343 e. The van der Waals surface area contributed by atoms with Crippen LogP contribution in [-0.4, -0.2) is 47.2 Å². The average Bonchev–Trinajstić information content (AvgIpc) is 3.22. The molecule has 1 unspecified atom stereocenters. The van der Waals surface area contributed by atoms with Gasteiger partial charge in [-0.15, -0.1) is 0 Å². The Morgan fingerprint density at radius 1 is 1.21 bits per heavy atom. The summed E-state index contributed by atoms with van der Waals surface area (Å²) in [5, 5.41) is 2.50. The van der Waals surface area contributed by atoms with Gasteiger partial charge in [-0.1, -0.05) is 0 Å². The molecule has 1 fully saturated rings. The highest BCUT2D eigenvalue weighted by Crippen LogP contribution is 2.27. The van der Waals surface area contributed by atoms with Crippen molar-refractivity contribution in [2.45, 2.75) is 26.3 Å². The summed E-state index contributed by atoms with van der Waals surface area (Å²) in [5.74, 6) is -3.89. The molecular weight excluding hydrogens is 453 g/mol. The van der Waals surface area contributed by atoms with E-state index in [4.69, 9.17) is 4.74 Å². The topological polar surface area (TPSA) is 93.5 Å². The number of benzene rings is 1. The van der Waals surface area contributed by atoms with Crippen molar-refractivity contribution in [1.29, 1.82) is 0 Å². The van der Waals surface area contributed by atoms with Crippen LogP contribution in [0.25, 0.3) is 16.7 Å². The van der Waals surface area contributed by atoms with E-state index in [1.54, 1.807) is 11.8 Å². The Morgan fingerprint density at radius 2 is 1.97 bits per heavy atom. The Morgan fingerprint density at radius 3 is 2.65 bits per heavy atom. The third-order valence-corrected chi connectivity index (χ3v) is 5.47. The fourth-order valence-corrected chi connectivity index (χ4v) is 4.01. The van der Waals surface area contributed by atoms with Crippen molar-refractivity contribution in [3.8, 4) is 5.69 Å². The van der Waals surface area contributed by atoms with Crippen molar-refractivity contribution in [3.63, 3.8) is 0 Å². The molecule has 0 bridgehead atoms. The van der Waals surface area contributed by atoms with Crippen LogP contribution in [0.5, 0.6) is 0 Å². The van der Waals surface area contributed by atoms with Gasteiger partial charge in [0.05, 0.1) is 17.7 Å². The Balaban J connectivity index is 1.92. The van der Waals surface area contributed by atoms with Gasteiger partial charge < -0.3 is 15.0 Å². The fourth-order valence-electron chi connectivity index (χ4n) is 4.01. The van der Waals surface area contributed by atoms with Crippen LogP contribution in [0.4, 0.5) is 19.0 Å². The van der Waals surface area contributed by atoms with E-state index in [1.165, 1.54) is 6.92 Å². The van der Waals surface area contributed by atoms with Gasteiger partial charge in [-0.25, -0.2) is 22.9 Å². The molecule has 1 aliphatic rings. The van der Waals surface area contributed by atoms with E-state index >= 15 is 4.39 Å². The highest BCUT2D eigenvalue weighted by molar-refractivity contribution is 5.94. The summed E-state index contributed by atoms with van der Waals surface area (Å²) in [4.78, 5) is 42.6. The predicted molar refractivity (Wildman–Crippen MR) is 118 cm³/mol. The van der Waals surface area contributed by atoms with E-state index in [-0.39, 0.29) is 47.6 Å². The number of nitrogens with one attached hydrogen (secondary N) is 1. The van der Waals surface area contributed by atoms with Crippen molar-refractivity contribution in [2.75, 3.05) is 24.6 Å². The molecule has 1 atom stereocenters. The maximum absolute atomic E-state index is 15.1. The van der Waals surface area contributed by atoms with Crippen molar-refractivity contribution in [1.82, 2.24) is 14.9 Å². The number of nitrogens with zero attached hydrogens (tertiary/aromatic N) is 3. The van der Waals surface area contributed by atoms with E-state index < -0.39 is 34.4 Å². The zero-order chi connectivity index (χ0) is 24.6.